The van der Waals surface area contributed by atoms with Crippen LogP contribution in [-0.4, -0.2) is 27.9 Å². The average Bonchev–Trinajstić information content (AvgIpc) is 2.82. The van der Waals surface area contributed by atoms with E-state index >= 15 is 0 Å². The standard InChI is InChI=1S/C18H22N2O3/c1-21-16-10-12(11-17(22-2)18(16)23-3)13-8-9-19-14-6-4-5-7-15(14)20-13/h4-7,10-11,13,19-20H,8-9H2,1-3H3. The fraction of sp³-hybridized carbons (Fsp3) is 0.333. The first-order valence-electron chi connectivity index (χ1n) is 7.66. The van der Waals surface area contributed by atoms with Crippen molar-refractivity contribution in [2.24, 2.45) is 0 Å². The van der Waals surface area contributed by atoms with Crippen LogP contribution in [0.5, 0.6) is 17.2 Å². The van der Waals surface area contributed by atoms with Crippen molar-refractivity contribution in [2.45, 2.75) is 12.5 Å². The maximum absolute atomic E-state index is 5.46. The number of benzene rings is 2. The molecule has 2 N–H and O–H groups in total. The van der Waals surface area contributed by atoms with Gasteiger partial charge in [-0.2, -0.15) is 0 Å². The minimum Gasteiger partial charge on any atom is -0.493 e. The summed E-state index contributed by atoms with van der Waals surface area (Å²) in [6.45, 7) is 0.894. The van der Waals surface area contributed by atoms with E-state index in [1.54, 1.807) is 21.3 Å². The molecule has 1 aliphatic heterocycles. The van der Waals surface area contributed by atoms with Crippen LogP contribution < -0.4 is 24.8 Å². The molecule has 5 nitrogen and oxygen atoms in total. The SMILES string of the molecule is COc1cc(C2CCNc3ccccc3N2)cc(OC)c1OC. The van der Waals surface area contributed by atoms with Crippen molar-refractivity contribution in [1.82, 2.24) is 0 Å². The number of hydrogen-bond acceptors (Lipinski definition) is 5. The van der Waals surface area contributed by atoms with Crippen molar-refractivity contribution in [1.29, 1.82) is 0 Å². The quantitative estimate of drug-likeness (QED) is 0.901. The highest BCUT2D eigenvalue weighted by Crippen LogP contribution is 2.41. The van der Waals surface area contributed by atoms with Gasteiger partial charge in [-0.15, -0.1) is 0 Å². The van der Waals surface area contributed by atoms with Gasteiger partial charge in [0.2, 0.25) is 5.75 Å². The molecule has 0 bridgehead atoms. The lowest BCUT2D eigenvalue weighted by Gasteiger charge is -2.21. The second kappa shape index (κ2) is 6.69. The van der Waals surface area contributed by atoms with Crippen molar-refractivity contribution >= 4 is 11.4 Å². The molecule has 1 aliphatic rings. The Hall–Kier alpha value is -2.56. The molecule has 3 rings (SSSR count). The van der Waals surface area contributed by atoms with Crippen molar-refractivity contribution in [3.05, 3.63) is 42.0 Å². The topological polar surface area (TPSA) is 51.8 Å². The van der Waals surface area contributed by atoms with Gasteiger partial charge in [-0.3, -0.25) is 0 Å². The van der Waals surface area contributed by atoms with Gasteiger partial charge in [0.05, 0.1) is 38.7 Å². The summed E-state index contributed by atoms with van der Waals surface area (Å²) in [6.07, 6.45) is 0.952. The summed E-state index contributed by atoms with van der Waals surface area (Å²) in [5.74, 6) is 1.97. The molecule has 2 aromatic carbocycles. The molecule has 0 amide bonds. The molecule has 2 aromatic rings. The maximum Gasteiger partial charge on any atom is 0.203 e. The third-order valence-corrected chi connectivity index (χ3v) is 4.09. The molecule has 5 heteroatoms. The lowest BCUT2D eigenvalue weighted by molar-refractivity contribution is 0.323. The normalized spacial score (nSPS) is 16.4. The minimum atomic E-state index is 0.167. The Morgan fingerprint density at radius 1 is 0.913 bits per heavy atom. The fourth-order valence-corrected chi connectivity index (χ4v) is 2.93. The highest BCUT2D eigenvalue weighted by atomic mass is 16.5. The zero-order chi connectivity index (χ0) is 16.2. The van der Waals surface area contributed by atoms with E-state index < -0.39 is 0 Å². The Labute approximate surface area is 136 Å². The molecule has 122 valence electrons. The van der Waals surface area contributed by atoms with Gasteiger partial charge in [0.15, 0.2) is 11.5 Å². The van der Waals surface area contributed by atoms with Gasteiger partial charge in [-0.05, 0) is 36.2 Å². The van der Waals surface area contributed by atoms with Crippen LogP contribution in [0.4, 0.5) is 11.4 Å². The lowest BCUT2D eigenvalue weighted by atomic mass is 10.0. The van der Waals surface area contributed by atoms with Crippen molar-refractivity contribution in [3.8, 4) is 17.2 Å². The van der Waals surface area contributed by atoms with E-state index in [4.69, 9.17) is 14.2 Å². The molecule has 0 radical (unpaired) electrons. The summed E-state index contributed by atoms with van der Waals surface area (Å²) in [6, 6.07) is 12.4. The minimum absolute atomic E-state index is 0.167. The van der Waals surface area contributed by atoms with Crippen molar-refractivity contribution in [2.75, 3.05) is 38.5 Å². The monoisotopic (exact) mass is 314 g/mol. The van der Waals surface area contributed by atoms with Crippen LogP contribution in [0.2, 0.25) is 0 Å². The van der Waals surface area contributed by atoms with Gasteiger partial charge in [0, 0.05) is 6.54 Å². The van der Waals surface area contributed by atoms with Gasteiger partial charge in [-0.25, -0.2) is 0 Å². The third-order valence-electron chi connectivity index (χ3n) is 4.09. The molecule has 0 saturated heterocycles. The summed E-state index contributed by atoms with van der Waals surface area (Å²) >= 11 is 0. The molecule has 23 heavy (non-hydrogen) atoms. The average molecular weight is 314 g/mol. The Bertz CT molecular complexity index is 663. The van der Waals surface area contributed by atoms with Gasteiger partial charge in [-0.1, -0.05) is 12.1 Å². The highest BCUT2D eigenvalue weighted by Gasteiger charge is 2.21. The molecule has 0 aliphatic carbocycles. The molecule has 0 aromatic heterocycles. The number of nitrogens with one attached hydrogen (secondary N) is 2. The van der Waals surface area contributed by atoms with Gasteiger partial charge in [0.25, 0.3) is 0 Å². The molecular formula is C18H22N2O3. The Morgan fingerprint density at radius 3 is 2.17 bits per heavy atom. The predicted molar refractivity (Wildman–Crippen MR) is 92.0 cm³/mol. The summed E-state index contributed by atoms with van der Waals surface area (Å²) in [4.78, 5) is 0. The van der Waals surface area contributed by atoms with Crippen LogP contribution >= 0.6 is 0 Å². The van der Waals surface area contributed by atoms with Gasteiger partial charge < -0.3 is 24.8 Å². The molecular weight excluding hydrogens is 292 g/mol. The largest absolute Gasteiger partial charge is 0.493 e. The molecule has 1 heterocycles. The number of rotatable bonds is 4. The smallest absolute Gasteiger partial charge is 0.203 e. The molecule has 1 atom stereocenters. The Balaban J connectivity index is 1.98. The first-order valence-corrected chi connectivity index (χ1v) is 7.66. The Kier molecular flexibility index (Phi) is 4.46. The third kappa shape index (κ3) is 2.99. The van der Waals surface area contributed by atoms with Crippen LogP contribution in [0.3, 0.4) is 0 Å². The fourth-order valence-electron chi connectivity index (χ4n) is 2.93. The number of para-hydroxylation sites is 2. The van der Waals surface area contributed by atoms with Gasteiger partial charge >= 0.3 is 0 Å². The molecule has 0 fully saturated rings. The maximum atomic E-state index is 5.46. The zero-order valence-corrected chi connectivity index (χ0v) is 13.7. The molecule has 1 unspecified atom stereocenters. The summed E-state index contributed by atoms with van der Waals surface area (Å²) in [5, 5.41) is 7.06. The Morgan fingerprint density at radius 2 is 1.57 bits per heavy atom. The lowest BCUT2D eigenvalue weighted by Crippen LogP contribution is -2.12. The van der Waals surface area contributed by atoms with Crippen LogP contribution in [0.1, 0.15) is 18.0 Å². The van der Waals surface area contributed by atoms with E-state index in [1.165, 1.54) is 0 Å². The first-order chi connectivity index (χ1) is 11.3. The van der Waals surface area contributed by atoms with Crippen LogP contribution in [0.15, 0.2) is 36.4 Å². The summed E-state index contributed by atoms with van der Waals surface area (Å²) in [5.41, 5.74) is 3.34. The number of methoxy groups -OCH3 is 3. The summed E-state index contributed by atoms with van der Waals surface area (Å²) < 4.78 is 16.3. The second-order valence-electron chi connectivity index (χ2n) is 5.42. The van der Waals surface area contributed by atoms with Gasteiger partial charge in [0.1, 0.15) is 0 Å². The van der Waals surface area contributed by atoms with Crippen molar-refractivity contribution in [3.63, 3.8) is 0 Å². The van der Waals surface area contributed by atoms with E-state index in [0.29, 0.717) is 17.2 Å². The van der Waals surface area contributed by atoms with Crippen molar-refractivity contribution < 1.29 is 14.2 Å². The van der Waals surface area contributed by atoms with Crippen LogP contribution in [0, 0.1) is 0 Å². The van der Waals surface area contributed by atoms with E-state index in [1.807, 2.05) is 24.3 Å². The summed E-state index contributed by atoms with van der Waals surface area (Å²) in [7, 11) is 4.89. The zero-order valence-electron chi connectivity index (χ0n) is 13.7. The highest BCUT2D eigenvalue weighted by molar-refractivity contribution is 5.70. The van der Waals surface area contributed by atoms with E-state index in [-0.39, 0.29) is 6.04 Å². The van der Waals surface area contributed by atoms with E-state index in [2.05, 4.69) is 22.8 Å². The van der Waals surface area contributed by atoms with E-state index in [0.717, 1.165) is 29.9 Å². The first kappa shape index (κ1) is 15.3. The molecule has 0 spiro atoms. The number of anilines is 2. The molecule has 0 saturated carbocycles. The number of fused-ring (bicyclic) bond motifs is 1. The number of ether oxygens (including phenoxy) is 3. The van der Waals surface area contributed by atoms with Crippen LogP contribution in [-0.2, 0) is 0 Å². The van der Waals surface area contributed by atoms with Crippen LogP contribution in [0.25, 0.3) is 0 Å². The predicted octanol–water partition coefficient (Wildman–Crippen LogP) is 3.68. The van der Waals surface area contributed by atoms with E-state index in [9.17, 15) is 0 Å². The number of hydrogen-bond donors (Lipinski definition) is 2. The second-order valence-corrected chi connectivity index (χ2v) is 5.42.